The number of anilines is 2. The van der Waals surface area contributed by atoms with Crippen LogP contribution in [0.5, 0.6) is 0 Å². The number of halogens is 1. The van der Waals surface area contributed by atoms with E-state index >= 15 is 0 Å². The van der Waals surface area contributed by atoms with Crippen LogP contribution >= 0.6 is 11.3 Å². The fourth-order valence-corrected chi connectivity index (χ4v) is 4.17. The third-order valence-electron chi connectivity index (χ3n) is 3.79. The second-order valence-electron chi connectivity index (χ2n) is 5.72. The lowest BCUT2D eigenvalue weighted by Crippen LogP contribution is -2.18. The Kier molecular flexibility index (Phi) is 5.24. The zero-order valence-electron chi connectivity index (χ0n) is 14.5. The van der Waals surface area contributed by atoms with Gasteiger partial charge in [-0.2, -0.15) is 0 Å². The summed E-state index contributed by atoms with van der Waals surface area (Å²) in [5, 5.41) is 3.11. The molecule has 140 valence electrons. The molecule has 27 heavy (non-hydrogen) atoms. The molecule has 0 atom stereocenters. The number of aryl methyl sites for hydroxylation is 2. The first-order valence-corrected chi connectivity index (χ1v) is 10.2. The number of aromatic nitrogens is 1. The predicted molar refractivity (Wildman–Crippen MR) is 103 cm³/mol. The molecule has 0 aliphatic rings. The summed E-state index contributed by atoms with van der Waals surface area (Å²) < 4.78 is 40.5. The van der Waals surface area contributed by atoms with Crippen LogP contribution in [-0.4, -0.2) is 19.3 Å². The van der Waals surface area contributed by atoms with Crippen molar-refractivity contribution in [2.24, 2.45) is 0 Å². The van der Waals surface area contributed by atoms with Gasteiger partial charge in [0.05, 0.1) is 21.8 Å². The van der Waals surface area contributed by atoms with Gasteiger partial charge in [-0.05, 0) is 50.2 Å². The molecule has 0 saturated heterocycles. The third kappa shape index (κ3) is 4.32. The summed E-state index contributed by atoms with van der Waals surface area (Å²) in [7, 11) is -3.97. The lowest BCUT2D eigenvalue weighted by molar-refractivity contribution is 0.102. The van der Waals surface area contributed by atoms with Crippen LogP contribution in [0.15, 0.2) is 53.4 Å². The van der Waals surface area contributed by atoms with Gasteiger partial charge in [-0.1, -0.05) is 12.1 Å². The first kappa shape index (κ1) is 19.0. The van der Waals surface area contributed by atoms with Crippen LogP contribution in [0.1, 0.15) is 20.9 Å². The fraction of sp³-hybridized carbons (Fsp3) is 0.111. The maximum atomic E-state index is 13.0. The molecule has 0 bridgehead atoms. The van der Waals surface area contributed by atoms with E-state index in [2.05, 4.69) is 15.0 Å². The van der Waals surface area contributed by atoms with Crippen LogP contribution in [-0.2, 0) is 10.0 Å². The number of carbonyl (C=O) groups excluding carboxylic acids is 1. The molecule has 3 rings (SSSR count). The van der Waals surface area contributed by atoms with E-state index in [1.54, 1.807) is 12.1 Å². The molecule has 1 aromatic heterocycles. The number of para-hydroxylation sites is 1. The van der Waals surface area contributed by atoms with E-state index < -0.39 is 21.7 Å². The number of hydrogen-bond donors (Lipinski definition) is 2. The van der Waals surface area contributed by atoms with E-state index in [0.29, 0.717) is 5.13 Å². The minimum atomic E-state index is -3.97. The van der Waals surface area contributed by atoms with Gasteiger partial charge in [-0.15, -0.1) is 11.3 Å². The number of nitrogens with zero attached hydrogens (tertiary/aromatic N) is 1. The van der Waals surface area contributed by atoms with Crippen molar-refractivity contribution in [2.75, 3.05) is 10.0 Å². The van der Waals surface area contributed by atoms with Crippen LogP contribution in [0.25, 0.3) is 0 Å². The highest BCUT2D eigenvalue weighted by molar-refractivity contribution is 7.92. The highest BCUT2D eigenvalue weighted by atomic mass is 32.2. The summed E-state index contributed by atoms with van der Waals surface area (Å²) in [5.74, 6) is -1.02. The quantitative estimate of drug-likeness (QED) is 0.673. The molecule has 0 aliphatic carbocycles. The molecule has 0 unspecified atom stereocenters. The van der Waals surface area contributed by atoms with E-state index in [4.69, 9.17) is 0 Å². The van der Waals surface area contributed by atoms with E-state index in [0.717, 1.165) is 34.8 Å². The summed E-state index contributed by atoms with van der Waals surface area (Å²) in [6, 6.07) is 10.6. The molecule has 6 nitrogen and oxygen atoms in total. The molecular weight excluding hydrogens is 389 g/mol. The fourth-order valence-electron chi connectivity index (χ4n) is 2.28. The predicted octanol–water partition coefficient (Wildman–Crippen LogP) is 3.95. The molecular formula is C18H16FN3O3S2. The van der Waals surface area contributed by atoms with Crippen molar-refractivity contribution in [3.05, 3.63) is 70.5 Å². The van der Waals surface area contributed by atoms with E-state index in [-0.39, 0.29) is 16.1 Å². The Hall–Kier alpha value is -2.78. The molecule has 3 aromatic rings. The Balaban J connectivity index is 1.87. The van der Waals surface area contributed by atoms with Gasteiger partial charge in [0, 0.05) is 4.88 Å². The van der Waals surface area contributed by atoms with E-state index in [9.17, 15) is 17.6 Å². The Bertz CT molecular complexity index is 1070. The maximum Gasteiger partial charge on any atom is 0.261 e. The topological polar surface area (TPSA) is 88.2 Å². The molecule has 0 aliphatic heterocycles. The minimum Gasteiger partial charge on any atom is -0.298 e. The largest absolute Gasteiger partial charge is 0.298 e. The SMILES string of the molecule is Cc1nc(NC(=O)c2ccccc2NS(=O)(=O)c2ccc(F)cc2)sc1C. The van der Waals surface area contributed by atoms with Crippen molar-refractivity contribution in [3.8, 4) is 0 Å². The van der Waals surface area contributed by atoms with Gasteiger partial charge in [0.25, 0.3) is 15.9 Å². The molecule has 0 fully saturated rings. The molecule has 2 aromatic carbocycles. The molecule has 1 amide bonds. The van der Waals surface area contributed by atoms with Crippen molar-refractivity contribution in [2.45, 2.75) is 18.7 Å². The summed E-state index contributed by atoms with van der Waals surface area (Å²) in [6.07, 6.45) is 0. The van der Waals surface area contributed by atoms with Crippen molar-refractivity contribution >= 4 is 38.1 Å². The summed E-state index contributed by atoms with van der Waals surface area (Å²) in [6.45, 7) is 3.74. The first-order valence-electron chi connectivity index (χ1n) is 7.89. The highest BCUT2D eigenvalue weighted by Crippen LogP contribution is 2.24. The lowest BCUT2D eigenvalue weighted by atomic mass is 10.2. The van der Waals surface area contributed by atoms with Crippen molar-refractivity contribution in [3.63, 3.8) is 0 Å². The first-order chi connectivity index (χ1) is 12.8. The van der Waals surface area contributed by atoms with Crippen LogP contribution in [0.3, 0.4) is 0 Å². The van der Waals surface area contributed by atoms with E-state index in [1.807, 2.05) is 13.8 Å². The smallest absolute Gasteiger partial charge is 0.261 e. The maximum absolute atomic E-state index is 13.0. The lowest BCUT2D eigenvalue weighted by Gasteiger charge is -2.12. The van der Waals surface area contributed by atoms with Crippen LogP contribution in [0, 0.1) is 19.7 Å². The normalized spacial score (nSPS) is 11.2. The Morgan fingerprint density at radius 2 is 1.74 bits per heavy atom. The van der Waals surface area contributed by atoms with Gasteiger partial charge < -0.3 is 0 Å². The number of thiazole rings is 1. The van der Waals surface area contributed by atoms with Gasteiger partial charge in [-0.3, -0.25) is 14.8 Å². The van der Waals surface area contributed by atoms with Crippen LogP contribution in [0.2, 0.25) is 0 Å². The van der Waals surface area contributed by atoms with Crippen molar-refractivity contribution < 1.29 is 17.6 Å². The number of sulfonamides is 1. The van der Waals surface area contributed by atoms with Crippen molar-refractivity contribution in [1.82, 2.24) is 4.98 Å². The number of benzene rings is 2. The highest BCUT2D eigenvalue weighted by Gasteiger charge is 2.19. The molecule has 0 radical (unpaired) electrons. The number of hydrogen-bond acceptors (Lipinski definition) is 5. The molecule has 9 heteroatoms. The third-order valence-corrected chi connectivity index (χ3v) is 6.16. The van der Waals surface area contributed by atoms with Crippen LogP contribution < -0.4 is 10.0 Å². The van der Waals surface area contributed by atoms with Gasteiger partial charge in [0.1, 0.15) is 5.82 Å². The summed E-state index contributed by atoms with van der Waals surface area (Å²) in [4.78, 5) is 17.7. The average molecular weight is 405 g/mol. The average Bonchev–Trinajstić information content (AvgIpc) is 2.92. The zero-order valence-corrected chi connectivity index (χ0v) is 16.1. The number of carbonyl (C=O) groups is 1. The second-order valence-corrected chi connectivity index (χ2v) is 8.61. The molecule has 2 N–H and O–H groups in total. The Morgan fingerprint density at radius 1 is 1.07 bits per heavy atom. The van der Waals surface area contributed by atoms with Gasteiger partial charge in [0.15, 0.2) is 5.13 Å². The summed E-state index contributed by atoms with van der Waals surface area (Å²) in [5.41, 5.74) is 1.08. The second kappa shape index (κ2) is 7.45. The molecule has 1 heterocycles. The Labute approximate surface area is 160 Å². The Morgan fingerprint density at radius 3 is 2.37 bits per heavy atom. The van der Waals surface area contributed by atoms with E-state index in [1.165, 1.54) is 23.5 Å². The monoisotopic (exact) mass is 405 g/mol. The summed E-state index contributed by atoms with van der Waals surface area (Å²) >= 11 is 1.34. The molecule has 0 saturated carbocycles. The van der Waals surface area contributed by atoms with Gasteiger partial charge in [0.2, 0.25) is 0 Å². The number of rotatable bonds is 5. The standard InChI is InChI=1S/C18H16FN3O3S2/c1-11-12(2)26-18(20-11)21-17(23)15-5-3-4-6-16(15)22-27(24,25)14-9-7-13(19)8-10-14/h3-10,22H,1-2H3,(H,20,21,23). The zero-order chi connectivity index (χ0) is 19.6. The number of amides is 1. The van der Waals surface area contributed by atoms with Crippen LogP contribution in [0.4, 0.5) is 15.2 Å². The van der Waals surface area contributed by atoms with Crippen molar-refractivity contribution in [1.29, 1.82) is 0 Å². The molecule has 0 spiro atoms. The van der Waals surface area contributed by atoms with Gasteiger partial charge in [-0.25, -0.2) is 17.8 Å². The number of nitrogens with one attached hydrogen (secondary N) is 2. The minimum absolute atomic E-state index is 0.106. The van der Waals surface area contributed by atoms with Gasteiger partial charge >= 0.3 is 0 Å².